The first-order valence-electron chi connectivity index (χ1n) is 8.29. The van der Waals surface area contributed by atoms with Gasteiger partial charge in [0.1, 0.15) is 5.69 Å². The van der Waals surface area contributed by atoms with Gasteiger partial charge in [0.15, 0.2) is 6.61 Å². The lowest BCUT2D eigenvalue weighted by molar-refractivity contribution is -0.383. The van der Waals surface area contributed by atoms with Crippen LogP contribution in [0.5, 0.6) is 0 Å². The van der Waals surface area contributed by atoms with Gasteiger partial charge >= 0.3 is 5.97 Å². The molecule has 0 saturated heterocycles. The number of nitrogens with zero attached hydrogens (tertiary/aromatic N) is 1. The van der Waals surface area contributed by atoms with Gasteiger partial charge < -0.3 is 15.4 Å². The molecule has 0 bridgehead atoms. The second kappa shape index (κ2) is 8.93. The van der Waals surface area contributed by atoms with Gasteiger partial charge in [0, 0.05) is 16.0 Å². The number of anilines is 2. The molecule has 150 valence electrons. The number of ether oxygens (including phenoxy) is 1. The highest BCUT2D eigenvalue weighted by molar-refractivity contribution is 8.01. The second-order valence-electron chi connectivity index (χ2n) is 5.92. The molecule has 0 aliphatic carbocycles. The lowest BCUT2D eigenvalue weighted by Gasteiger charge is -2.23. The van der Waals surface area contributed by atoms with Gasteiger partial charge in [-0.25, -0.2) is 0 Å². The van der Waals surface area contributed by atoms with Crippen molar-refractivity contribution in [2.75, 3.05) is 17.2 Å². The van der Waals surface area contributed by atoms with Gasteiger partial charge in [0.2, 0.25) is 5.91 Å². The number of hydrogen-bond acceptors (Lipinski definition) is 7. The maximum atomic E-state index is 12.1. The smallest absolute Gasteiger partial charge is 0.307 e. The van der Waals surface area contributed by atoms with Crippen LogP contribution in [-0.2, 0) is 19.1 Å². The normalized spacial score (nSPS) is 15.1. The van der Waals surface area contributed by atoms with E-state index in [0.29, 0.717) is 5.69 Å². The monoisotopic (exact) mass is 435 g/mol. The summed E-state index contributed by atoms with van der Waals surface area (Å²) in [6.07, 6.45) is -0.223. The highest BCUT2D eigenvalue weighted by atomic mass is 35.5. The molecule has 1 aliphatic rings. The molecule has 1 unspecified atom stereocenters. The van der Waals surface area contributed by atoms with E-state index in [9.17, 15) is 24.5 Å². The van der Waals surface area contributed by atoms with Crippen molar-refractivity contribution in [3.63, 3.8) is 0 Å². The third-order valence-corrected chi connectivity index (χ3v) is 5.36. The summed E-state index contributed by atoms with van der Waals surface area (Å²) in [7, 11) is 0. The van der Waals surface area contributed by atoms with Crippen LogP contribution >= 0.6 is 23.4 Å². The summed E-state index contributed by atoms with van der Waals surface area (Å²) in [5.74, 6) is -1.82. The lowest BCUT2D eigenvalue weighted by Crippen LogP contribution is -2.32. The number of thioether (sulfide) groups is 1. The minimum absolute atomic E-state index is 0.0701. The molecule has 0 saturated carbocycles. The molecule has 2 aromatic rings. The topological polar surface area (TPSA) is 128 Å². The van der Waals surface area contributed by atoms with Crippen molar-refractivity contribution in [2.45, 2.75) is 16.6 Å². The zero-order chi connectivity index (χ0) is 21.0. The summed E-state index contributed by atoms with van der Waals surface area (Å²) < 4.78 is 4.90. The summed E-state index contributed by atoms with van der Waals surface area (Å²) in [6, 6.07) is 10.9. The molecule has 2 N–H and O–H groups in total. The number of nitrogens with one attached hydrogen (secondary N) is 2. The van der Waals surface area contributed by atoms with Crippen molar-refractivity contribution in [1.29, 1.82) is 0 Å². The van der Waals surface area contributed by atoms with Gasteiger partial charge in [0.25, 0.3) is 11.6 Å². The van der Waals surface area contributed by atoms with Gasteiger partial charge in [-0.2, -0.15) is 0 Å². The number of para-hydroxylation sites is 1. The van der Waals surface area contributed by atoms with Gasteiger partial charge in [-0.15, -0.1) is 11.8 Å². The largest absolute Gasteiger partial charge is 0.456 e. The van der Waals surface area contributed by atoms with Crippen molar-refractivity contribution < 1.29 is 24.0 Å². The number of rotatable bonds is 6. The summed E-state index contributed by atoms with van der Waals surface area (Å²) in [4.78, 5) is 47.3. The number of fused-ring (bicyclic) bond motifs is 1. The van der Waals surface area contributed by atoms with E-state index in [1.165, 1.54) is 23.9 Å². The fourth-order valence-electron chi connectivity index (χ4n) is 2.53. The minimum atomic E-state index is -0.755. The molecule has 0 aromatic heterocycles. The van der Waals surface area contributed by atoms with Crippen LogP contribution in [0, 0.1) is 10.1 Å². The Bertz CT molecular complexity index is 999. The second-order valence-corrected chi connectivity index (χ2v) is 7.60. The Morgan fingerprint density at radius 3 is 2.79 bits per heavy atom. The van der Waals surface area contributed by atoms with Crippen LogP contribution in [-0.4, -0.2) is 34.6 Å². The Morgan fingerprint density at radius 1 is 1.28 bits per heavy atom. The van der Waals surface area contributed by atoms with Crippen LogP contribution in [0.25, 0.3) is 0 Å². The average Bonchev–Trinajstić information content (AvgIpc) is 2.68. The van der Waals surface area contributed by atoms with Gasteiger partial charge in [0.05, 0.1) is 22.3 Å². The summed E-state index contributed by atoms with van der Waals surface area (Å²) >= 11 is 6.95. The van der Waals surface area contributed by atoms with Crippen LogP contribution in [0.3, 0.4) is 0 Å². The van der Waals surface area contributed by atoms with Crippen molar-refractivity contribution in [3.8, 4) is 0 Å². The van der Waals surface area contributed by atoms with Crippen LogP contribution < -0.4 is 10.6 Å². The molecule has 0 spiro atoms. The summed E-state index contributed by atoms with van der Waals surface area (Å²) in [5.41, 5.74) is 0.224. The Hall–Kier alpha value is -3.11. The van der Waals surface area contributed by atoms with Crippen LogP contribution in [0.4, 0.5) is 17.1 Å². The number of nitro groups is 1. The molecule has 1 heterocycles. The Balaban J connectivity index is 1.53. The lowest BCUT2D eigenvalue weighted by atomic mass is 10.2. The molecule has 11 heteroatoms. The molecule has 3 rings (SSSR count). The van der Waals surface area contributed by atoms with Crippen molar-refractivity contribution in [1.82, 2.24) is 0 Å². The third-order valence-electron chi connectivity index (χ3n) is 3.85. The first-order valence-corrected chi connectivity index (χ1v) is 9.55. The SMILES string of the molecule is O=C(COC(=O)CC1Sc2ccccc2NC1=O)Nc1ccc(Cl)cc1[N+](=O)[O-]. The van der Waals surface area contributed by atoms with E-state index >= 15 is 0 Å². The quantitative estimate of drug-likeness (QED) is 0.405. The molecular weight excluding hydrogens is 422 g/mol. The Kier molecular flexibility index (Phi) is 6.35. The number of carbonyl (C=O) groups excluding carboxylic acids is 3. The van der Waals surface area contributed by atoms with Crippen molar-refractivity contribution in [3.05, 3.63) is 57.6 Å². The first kappa shape index (κ1) is 20.6. The first-order chi connectivity index (χ1) is 13.8. The predicted octanol–water partition coefficient (Wildman–Crippen LogP) is 3.23. The van der Waals surface area contributed by atoms with Crippen LogP contribution in [0.15, 0.2) is 47.4 Å². The molecule has 2 amide bonds. The van der Waals surface area contributed by atoms with Gasteiger partial charge in [-0.3, -0.25) is 24.5 Å². The molecule has 1 aliphatic heterocycles. The van der Waals surface area contributed by atoms with E-state index in [2.05, 4.69) is 10.6 Å². The number of amides is 2. The van der Waals surface area contributed by atoms with Crippen LogP contribution in [0.2, 0.25) is 5.02 Å². The predicted molar refractivity (Wildman–Crippen MR) is 107 cm³/mol. The zero-order valence-corrected chi connectivity index (χ0v) is 16.3. The number of nitro benzene ring substituents is 1. The van der Waals surface area contributed by atoms with Crippen molar-refractivity contribution in [2.24, 2.45) is 0 Å². The molecule has 9 nitrogen and oxygen atoms in total. The maximum absolute atomic E-state index is 12.1. The van der Waals surface area contributed by atoms with Gasteiger partial charge in [-0.05, 0) is 24.3 Å². The minimum Gasteiger partial charge on any atom is -0.456 e. The number of halogens is 1. The fourth-order valence-corrected chi connectivity index (χ4v) is 3.79. The Morgan fingerprint density at radius 2 is 2.03 bits per heavy atom. The maximum Gasteiger partial charge on any atom is 0.307 e. The molecule has 0 radical (unpaired) electrons. The highest BCUT2D eigenvalue weighted by Gasteiger charge is 2.29. The third kappa shape index (κ3) is 5.24. The molecule has 1 atom stereocenters. The van der Waals surface area contributed by atoms with E-state index < -0.39 is 28.7 Å². The van der Waals surface area contributed by atoms with Crippen molar-refractivity contribution >= 4 is 58.2 Å². The molecule has 29 heavy (non-hydrogen) atoms. The van der Waals surface area contributed by atoms with E-state index in [0.717, 1.165) is 11.0 Å². The van der Waals surface area contributed by atoms with E-state index in [1.807, 2.05) is 12.1 Å². The molecule has 0 fully saturated rings. The van der Waals surface area contributed by atoms with Crippen LogP contribution in [0.1, 0.15) is 6.42 Å². The highest BCUT2D eigenvalue weighted by Crippen LogP contribution is 2.36. The number of esters is 1. The number of carbonyl (C=O) groups is 3. The summed E-state index contributed by atoms with van der Waals surface area (Å²) in [5, 5.41) is 15.5. The van der Waals surface area contributed by atoms with E-state index in [4.69, 9.17) is 16.3 Å². The summed E-state index contributed by atoms with van der Waals surface area (Å²) in [6.45, 7) is -0.645. The Labute approximate surface area is 173 Å². The van der Waals surface area contributed by atoms with Gasteiger partial charge in [-0.1, -0.05) is 23.7 Å². The molecular formula is C18H14ClN3O6S. The standard InChI is InChI=1S/C18H14ClN3O6S/c19-10-5-6-11(13(7-10)22(26)27)20-16(23)9-28-17(24)8-15-18(25)21-12-3-1-2-4-14(12)29-15/h1-7,15H,8-9H2,(H,20,23)(H,21,25). The zero-order valence-electron chi connectivity index (χ0n) is 14.7. The van der Waals surface area contributed by atoms with E-state index in [-0.39, 0.29) is 28.7 Å². The number of hydrogen-bond donors (Lipinski definition) is 2. The number of benzene rings is 2. The van der Waals surface area contributed by atoms with E-state index in [1.54, 1.807) is 12.1 Å². The molecule has 2 aromatic carbocycles. The fraction of sp³-hybridized carbons (Fsp3) is 0.167. The average molecular weight is 436 g/mol.